The molecular weight excluding hydrogens is 361 g/mol. The van der Waals surface area contributed by atoms with E-state index in [0.29, 0.717) is 6.61 Å². The average Bonchev–Trinajstić information content (AvgIpc) is 2.65. The predicted molar refractivity (Wildman–Crippen MR) is 92.0 cm³/mol. The molecule has 0 aliphatic carbocycles. The number of nitrogens with zero attached hydrogens (tertiary/aromatic N) is 1. The minimum absolute atomic E-state index is 0.183. The zero-order valence-electron chi connectivity index (χ0n) is 14.3. The summed E-state index contributed by atoms with van der Waals surface area (Å²) in [4.78, 5) is 16.2. The van der Waals surface area contributed by atoms with Gasteiger partial charge in [-0.2, -0.15) is 0 Å². The van der Waals surface area contributed by atoms with Gasteiger partial charge in [0.1, 0.15) is 0 Å². The van der Waals surface area contributed by atoms with Crippen molar-refractivity contribution in [2.75, 3.05) is 6.61 Å². The van der Waals surface area contributed by atoms with E-state index in [1.54, 1.807) is 19.3 Å². The molecule has 0 spiro atoms. The summed E-state index contributed by atoms with van der Waals surface area (Å²) < 4.78 is 18.2. The number of ether oxygens (including phenoxy) is 1. The maximum atomic E-state index is 12.0. The third kappa shape index (κ3) is 4.14. The standard InChI is InChI=1S/C16H23BBrNO4/c1-6-21-14(20)8-13(11-7-12(18)10-19-9-11)17-22-15(2,3)16(4,5)23-17/h7,9-10,13H,6,8H2,1-5H3. The van der Waals surface area contributed by atoms with Gasteiger partial charge in [-0.1, -0.05) is 0 Å². The Morgan fingerprint density at radius 2 is 1.91 bits per heavy atom. The fourth-order valence-electron chi connectivity index (χ4n) is 2.45. The summed E-state index contributed by atoms with van der Waals surface area (Å²) in [6.45, 7) is 10.1. The molecule has 1 atom stereocenters. The largest absolute Gasteiger partial charge is 0.466 e. The highest BCUT2D eigenvalue weighted by atomic mass is 79.9. The average molecular weight is 384 g/mol. The molecule has 1 aromatic heterocycles. The Kier molecular flexibility index (Phi) is 5.54. The van der Waals surface area contributed by atoms with Gasteiger partial charge in [-0.15, -0.1) is 0 Å². The van der Waals surface area contributed by atoms with Crippen molar-refractivity contribution in [1.82, 2.24) is 4.98 Å². The molecule has 0 bridgehead atoms. The molecule has 1 saturated heterocycles. The van der Waals surface area contributed by atoms with Gasteiger partial charge in [-0.25, -0.2) is 0 Å². The number of hydrogen-bond donors (Lipinski definition) is 0. The Balaban J connectivity index is 2.29. The number of pyridine rings is 1. The summed E-state index contributed by atoms with van der Waals surface area (Å²) in [6, 6.07) is 1.93. The maximum Gasteiger partial charge on any atom is 0.466 e. The summed E-state index contributed by atoms with van der Waals surface area (Å²) in [5.74, 6) is -0.549. The normalized spacial score (nSPS) is 20.3. The van der Waals surface area contributed by atoms with Crippen LogP contribution >= 0.6 is 15.9 Å². The number of halogens is 1. The zero-order chi connectivity index (χ0) is 17.3. The van der Waals surface area contributed by atoms with Crippen LogP contribution in [-0.2, 0) is 18.8 Å². The molecular formula is C16H23BBrNO4. The molecule has 7 heteroatoms. The molecule has 0 saturated carbocycles. The van der Waals surface area contributed by atoms with Crippen molar-refractivity contribution in [3.05, 3.63) is 28.5 Å². The highest BCUT2D eigenvalue weighted by Gasteiger charge is 2.54. The van der Waals surface area contributed by atoms with Gasteiger partial charge in [0.05, 0.1) is 24.2 Å². The lowest BCUT2D eigenvalue weighted by Crippen LogP contribution is -2.41. The third-order valence-electron chi connectivity index (χ3n) is 4.45. The Morgan fingerprint density at radius 3 is 2.43 bits per heavy atom. The van der Waals surface area contributed by atoms with E-state index in [1.165, 1.54) is 0 Å². The number of rotatable bonds is 5. The van der Waals surface area contributed by atoms with Crippen LogP contribution < -0.4 is 0 Å². The minimum Gasteiger partial charge on any atom is -0.466 e. The number of aromatic nitrogens is 1. The van der Waals surface area contributed by atoms with Crippen LogP contribution in [0.15, 0.2) is 22.9 Å². The van der Waals surface area contributed by atoms with Crippen LogP contribution in [0.2, 0.25) is 0 Å². The van der Waals surface area contributed by atoms with Gasteiger partial charge in [0.15, 0.2) is 0 Å². The maximum absolute atomic E-state index is 12.0. The first kappa shape index (κ1) is 18.4. The van der Waals surface area contributed by atoms with Crippen LogP contribution in [0.4, 0.5) is 0 Å². The predicted octanol–water partition coefficient (Wildman–Crippen LogP) is 3.51. The lowest BCUT2D eigenvalue weighted by molar-refractivity contribution is -0.143. The SMILES string of the molecule is CCOC(=O)CC(B1OC(C)(C)C(C)(C)O1)c1cncc(Br)c1. The first-order chi connectivity index (χ1) is 10.7. The fourth-order valence-corrected chi connectivity index (χ4v) is 2.84. The quantitative estimate of drug-likeness (QED) is 0.575. The number of carbonyl (C=O) groups is 1. The van der Waals surface area contributed by atoms with Gasteiger partial charge in [-0.05, 0) is 62.2 Å². The second-order valence-corrected chi connectivity index (χ2v) is 7.59. The minimum atomic E-state index is -0.527. The molecule has 0 N–H and O–H groups in total. The molecule has 1 aliphatic heterocycles. The van der Waals surface area contributed by atoms with Crippen LogP contribution in [0, 0.1) is 0 Å². The smallest absolute Gasteiger partial charge is 0.466 e. The fraction of sp³-hybridized carbons (Fsp3) is 0.625. The van der Waals surface area contributed by atoms with Crippen LogP contribution in [-0.4, -0.2) is 35.9 Å². The van der Waals surface area contributed by atoms with Crippen molar-refractivity contribution in [2.45, 2.75) is 58.1 Å². The lowest BCUT2D eigenvalue weighted by atomic mass is 9.66. The summed E-state index contributed by atoms with van der Waals surface area (Å²) in [6.07, 6.45) is 3.62. The molecule has 0 aromatic carbocycles. The highest BCUT2D eigenvalue weighted by Crippen LogP contribution is 2.41. The molecule has 0 amide bonds. The molecule has 23 heavy (non-hydrogen) atoms. The molecule has 1 aromatic rings. The topological polar surface area (TPSA) is 57.7 Å². The van der Waals surface area contributed by atoms with Gasteiger partial charge in [0, 0.05) is 22.7 Å². The molecule has 2 heterocycles. The number of carbonyl (C=O) groups excluding carboxylic acids is 1. The molecule has 2 rings (SSSR count). The van der Waals surface area contributed by atoms with E-state index in [2.05, 4.69) is 20.9 Å². The molecule has 126 valence electrons. The Bertz CT molecular complexity index is 563. The molecule has 5 nitrogen and oxygen atoms in total. The van der Waals surface area contributed by atoms with Gasteiger partial charge in [-0.3, -0.25) is 9.78 Å². The van der Waals surface area contributed by atoms with E-state index in [4.69, 9.17) is 14.0 Å². The van der Waals surface area contributed by atoms with E-state index in [-0.39, 0.29) is 18.2 Å². The second kappa shape index (κ2) is 6.91. The molecule has 1 aliphatic rings. The van der Waals surface area contributed by atoms with Gasteiger partial charge in [0.25, 0.3) is 0 Å². The van der Waals surface area contributed by atoms with Crippen molar-refractivity contribution in [1.29, 1.82) is 0 Å². The third-order valence-corrected chi connectivity index (χ3v) is 4.88. The molecule has 1 fully saturated rings. The first-order valence-corrected chi connectivity index (χ1v) is 8.57. The van der Waals surface area contributed by atoms with Crippen molar-refractivity contribution in [2.24, 2.45) is 0 Å². The molecule has 0 radical (unpaired) electrons. The van der Waals surface area contributed by atoms with Gasteiger partial charge in [0.2, 0.25) is 0 Å². The number of hydrogen-bond acceptors (Lipinski definition) is 5. The van der Waals surface area contributed by atoms with E-state index < -0.39 is 18.3 Å². The summed E-state index contributed by atoms with van der Waals surface area (Å²) in [7, 11) is -0.527. The Labute approximate surface area is 146 Å². The van der Waals surface area contributed by atoms with E-state index in [1.807, 2.05) is 33.8 Å². The monoisotopic (exact) mass is 383 g/mol. The van der Waals surface area contributed by atoms with E-state index >= 15 is 0 Å². The first-order valence-electron chi connectivity index (χ1n) is 7.78. The lowest BCUT2D eigenvalue weighted by Gasteiger charge is -2.32. The van der Waals surface area contributed by atoms with E-state index in [0.717, 1.165) is 10.0 Å². The summed E-state index contributed by atoms with van der Waals surface area (Å²) >= 11 is 3.42. The Hall–Kier alpha value is -0.915. The van der Waals surface area contributed by atoms with Gasteiger partial charge < -0.3 is 14.0 Å². The second-order valence-electron chi connectivity index (χ2n) is 6.68. The van der Waals surface area contributed by atoms with Crippen LogP contribution in [0.5, 0.6) is 0 Å². The van der Waals surface area contributed by atoms with Crippen molar-refractivity contribution in [3.8, 4) is 0 Å². The zero-order valence-corrected chi connectivity index (χ0v) is 15.8. The van der Waals surface area contributed by atoms with Crippen LogP contribution in [0.25, 0.3) is 0 Å². The van der Waals surface area contributed by atoms with Crippen molar-refractivity contribution >= 4 is 29.0 Å². The van der Waals surface area contributed by atoms with Crippen molar-refractivity contribution in [3.63, 3.8) is 0 Å². The summed E-state index contributed by atoms with van der Waals surface area (Å²) in [5, 5.41) is 0. The highest BCUT2D eigenvalue weighted by molar-refractivity contribution is 9.10. The molecule has 1 unspecified atom stereocenters. The van der Waals surface area contributed by atoms with Crippen LogP contribution in [0.1, 0.15) is 52.4 Å². The number of esters is 1. The summed E-state index contributed by atoms with van der Waals surface area (Å²) in [5.41, 5.74) is -0.0282. The van der Waals surface area contributed by atoms with Gasteiger partial charge >= 0.3 is 13.1 Å². The van der Waals surface area contributed by atoms with Crippen molar-refractivity contribution < 1.29 is 18.8 Å². The Morgan fingerprint density at radius 1 is 1.30 bits per heavy atom. The van der Waals surface area contributed by atoms with E-state index in [9.17, 15) is 4.79 Å². The van der Waals surface area contributed by atoms with Crippen LogP contribution in [0.3, 0.4) is 0 Å².